The highest BCUT2D eigenvalue weighted by Crippen LogP contribution is 2.18. The fraction of sp³-hybridized carbons (Fsp3) is 0.700. The van der Waals surface area contributed by atoms with Crippen LogP contribution in [0.4, 0.5) is 10.6 Å². The summed E-state index contributed by atoms with van der Waals surface area (Å²) in [6.45, 7) is 2.65. The Hall–Kier alpha value is -1.89. The highest BCUT2D eigenvalue weighted by atomic mass is 35.5. The number of hydrogen-bond acceptors (Lipinski definition) is 5. The van der Waals surface area contributed by atoms with Gasteiger partial charge in [-0.2, -0.15) is 9.97 Å². The van der Waals surface area contributed by atoms with Gasteiger partial charge in [-0.1, -0.05) is 77.6 Å². The number of imidazole rings is 1. The minimum Gasteiger partial charge on any atom is -0.449 e. The molecule has 0 aliphatic rings. The molecule has 0 unspecified atom stereocenters. The lowest BCUT2D eigenvalue weighted by atomic mass is 10.1. The van der Waals surface area contributed by atoms with Crippen molar-refractivity contribution in [1.82, 2.24) is 19.9 Å². The maximum Gasteiger partial charge on any atom is 0.412 e. The second-order valence-corrected chi connectivity index (χ2v) is 7.43. The average Bonchev–Trinajstić information content (AvgIpc) is 3.14. The average molecular weight is 410 g/mol. The number of unbranched alkanes of at least 4 members (excludes halogenated alkanes) is 11. The van der Waals surface area contributed by atoms with Crippen LogP contribution in [0.3, 0.4) is 0 Å². The highest BCUT2D eigenvalue weighted by molar-refractivity contribution is 6.28. The van der Waals surface area contributed by atoms with Crippen LogP contribution in [-0.2, 0) is 4.74 Å². The molecule has 0 fully saturated rings. The van der Waals surface area contributed by atoms with E-state index in [0.717, 1.165) is 12.8 Å². The van der Waals surface area contributed by atoms with Gasteiger partial charge < -0.3 is 9.72 Å². The van der Waals surface area contributed by atoms with Crippen molar-refractivity contribution in [2.24, 2.45) is 0 Å². The molecule has 0 atom stereocenters. The van der Waals surface area contributed by atoms with Crippen LogP contribution in [0, 0.1) is 0 Å². The van der Waals surface area contributed by atoms with Gasteiger partial charge in [-0.05, 0) is 18.0 Å². The summed E-state index contributed by atoms with van der Waals surface area (Å²) in [5, 5.41) is 2.61. The van der Waals surface area contributed by atoms with Gasteiger partial charge in [0.05, 0.1) is 12.9 Å². The number of amides is 1. The molecule has 0 aliphatic carbocycles. The molecule has 156 valence electrons. The molecule has 0 saturated heterocycles. The summed E-state index contributed by atoms with van der Waals surface area (Å²) in [6, 6.07) is 0. The molecular formula is C20H32ClN5O2. The van der Waals surface area contributed by atoms with E-state index < -0.39 is 6.09 Å². The van der Waals surface area contributed by atoms with Crippen LogP contribution in [0.15, 0.2) is 6.33 Å². The largest absolute Gasteiger partial charge is 0.449 e. The number of carbonyl (C=O) groups is 1. The summed E-state index contributed by atoms with van der Waals surface area (Å²) >= 11 is 5.84. The molecule has 8 heteroatoms. The summed E-state index contributed by atoms with van der Waals surface area (Å²) in [4.78, 5) is 26.8. The second kappa shape index (κ2) is 13.3. The number of halogens is 1. The van der Waals surface area contributed by atoms with Crippen molar-refractivity contribution in [2.75, 3.05) is 11.9 Å². The number of H-pyrrole nitrogens is 1. The number of nitrogens with one attached hydrogen (secondary N) is 2. The number of rotatable bonds is 14. The van der Waals surface area contributed by atoms with Crippen molar-refractivity contribution < 1.29 is 9.53 Å². The number of aromatic amines is 1. The number of nitrogens with zero attached hydrogens (tertiary/aromatic N) is 3. The van der Waals surface area contributed by atoms with Crippen LogP contribution < -0.4 is 5.32 Å². The second-order valence-electron chi connectivity index (χ2n) is 7.09. The SMILES string of the molecule is CCCCCCCCCCCCCCOC(=O)Nc1nc(Cl)nc2[nH]cnc12. The van der Waals surface area contributed by atoms with E-state index in [1.807, 2.05) is 0 Å². The maximum atomic E-state index is 11.9. The lowest BCUT2D eigenvalue weighted by Gasteiger charge is -2.07. The van der Waals surface area contributed by atoms with E-state index in [1.165, 1.54) is 70.5 Å². The van der Waals surface area contributed by atoms with Gasteiger partial charge in [-0.3, -0.25) is 5.32 Å². The van der Waals surface area contributed by atoms with E-state index in [9.17, 15) is 4.79 Å². The fourth-order valence-corrected chi connectivity index (χ4v) is 3.31. The number of aromatic nitrogens is 4. The molecule has 0 aromatic carbocycles. The summed E-state index contributed by atoms with van der Waals surface area (Å²) in [6.07, 6.45) is 16.2. The lowest BCUT2D eigenvalue weighted by Crippen LogP contribution is -2.16. The van der Waals surface area contributed by atoms with E-state index in [2.05, 4.69) is 32.2 Å². The van der Waals surface area contributed by atoms with E-state index in [1.54, 1.807) is 0 Å². The lowest BCUT2D eigenvalue weighted by molar-refractivity contribution is 0.159. The summed E-state index contributed by atoms with van der Waals surface area (Å²) in [5.74, 6) is 0.246. The smallest absolute Gasteiger partial charge is 0.412 e. The zero-order valence-corrected chi connectivity index (χ0v) is 17.6. The Morgan fingerprint density at radius 3 is 2.25 bits per heavy atom. The Bertz CT molecular complexity index is 707. The molecule has 2 heterocycles. The number of anilines is 1. The molecule has 2 aromatic rings. The van der Waals surface area contributed by atoms with Crippen LogP contribution in [-0.4, -0.2) is 32.6 Å². The zero-order valence-electron chi connectivity index (χ0n) is 16.8. The first kappa shape index (κ1) is 22.4. The first-order valence-corrected chi connectivity index (χ1v) is 10.9. The molecule has 0 saturated carbocycles. The van der Waals surface area contributed by atoms with Gasteiger partial charge in [0.2, 0.25) is 5.28 Å². The number of ether oxygens (including phenoxy) is 1. The Labute approximate surface area is 172 Å². The Balaban J connectivity index is 1.47. The van der Waals surface area contributed by atoms with Gasteiger partial charge in [0, 0.05) is 0 Å². The zero-order chi connectivity index (χ0) is 20.0. The third-order valence-corrected chi connectivity index (χ3v) is 4.87. The quantitative estimate of drug-likeness (QED) is 0.284. The third-order valence-electron chi connectivity index (χ3n) is 4.70. The number of fused-ring (bicyclic) bond motifs is 1. The molecule has 28 heavy (non-hydrogen) atoms. The van der Waals surface area contributed by atoms with E-state index >= 15 is 0 Å². The normalized spacial score (nSPS) is 11.1. The minimum absolute atomic E-state index is 0.0352. The molecule has 2 rings (SSSR count). The van der Waals surface area contributed by atoms with Crippen LogP contribution >= 0.6 is 11.6 Å². The molecule has 0 radical (unpaired) electrons. The summed E-state index contributed by atoms with van der Waals surface area (Å²) in [7, 11) is 0. The molecule has 0 aliphatic heterocycles. The third kappa shape index (κ3) is 8.42. The van der Waals surface area contributed by atoms with Gasteiger partial charge >= 0.3 is 6.09 Å². The summed E-state index contributed by atoms with van der Waals surface area (Å²) in [5.41, 5.74) is 0.919. The van der Waals surface area contributed by atoms with E-state index in [4.69, 9.17) is 16.3 Å². The number of carbonyl (C=O) groups excluding carboxylic acids is 1. The molecule has 7 nitrogen and oxygen atoms in total. The Kier molecular flexibility index (Phi) is 10.7. The van der Waals surface area contributed by atoms with Crippen LogP contribution in [0.1, 0.15) is 84.0 Å². The van der Waals surface area contributed by atoms with Crippen molar-refractivity contribution in [3.8, 4) is 0 Å². The van der Waals surface area contributed by atoms with Gasteiger partial charge in [-0.25, -0.2) is 9.78 Å². The standard InChI is InChI=1S/C20H32ClN5O2/c1-2-3-4-5-6-7-8-9-10-11-12-13-14-28-20(27)26-18-16-17(23-15-22-16)24-19(21)25-18/h15H,2-14H2,1H3,(H2,22,23,24,25,26,27). The molecule has 1 amide bonds. The molecule has 0 bridgehead atoms. The highest BCUT2D eigenvalue weighted by Gasteiger charge is 2.12. The first-order chi connectivity index (χ1) is 13.7. The molecular weight excluding hydrogens is 378 g/mol. The van der Waals surface area contributed by atoms with Crippen molar-refractivity contribution >= 4 is 34.7 Å². The van der Waals surface area contributed by atoms with Crippen molar-refractivity contribution in [3.05, 3.63) is 11.6 Å². The predicted octanol–water partition coefficient (Wildman–Crippen LogP) is 6.26. The van der Waals surface area contributed by atoms with Crippen molar-refractivity contribution in [3.63, 3.8) is 0 Å². The van der Waals surface area contributed by atoms with Gasteiger partial charge in [0.15, 0.2) is 17.0 Å². The summed E-state index contributed by atoms with van der Waals surface area (Å²) < 4.78 is 5.21. The van der Waals surface area contributed by atoms with Crippen molar-refractivity contribution in [2.45, 2.75) is 84.0 Å². The topological polar surface area (TPSA) is 92.8 Å². The Morgan fingerprint density at radius 2 is 1.61 bits per heavy atom. The van der Waals surface area contributed by atoms with Crippen LogP contribution in [0.25, 0.3) is 11.2 Å². The molecule has 2 N–H and O–H groups in total. The maximum absolute atomic E-state index is 11.9. The number of hydrogen-bond donors (Lipinski definition) is 2. The van der Waals surface area contributed by atoms with Crippen molar-refractivity contribution in [1.29, 1.82) is 0 Å². The molecule has 0 spiro atoms. The van der Waals surface area contributed by atoms with Gasteiger partial charge in [0.25, 0.3) is 0 Å². The van der Waals surface area contributed by atoms with Gasteiger partial charge in [0.1, 0.15) is 0 Å². The van der Waals surface area contributed by atoms with Crippen LogP contribution in [0.2, 0.25) is 5.28 Å². The minimum atomic E-state index is -0.554. The van der Waals surface area contributed by atoms with E-state index in [0.29, 0.717) is 17.8 Å². The van der Waals surface area contributed by atoms with E-state index in [-0.39, 0.29) is 11.1 Å². The first-order valence-electron chi connectivity index (χ1n) is 10.5. The monoisotopic (exact) mass is 409 g/mol. The van der Waals surface area contributed by atoms with Gasteiger partial charge in [-0.15, -0.1) is 0 Å². The molecule has 2 aromatic heterocycles. The fourth-order valence-electron chi connectivity index (χ4n) is 3.14. The van der Waals surface area contributed by atoms with Crippen LogP contribution in [0.5, 0.6) is 0 Å². The Morgan fingerprint density at radius 1 is 1.00 bits per heavy atom. The predicted molar refractivity (Wildman–Crippen MR) is 113 cm³/mol.